The van der Waals surface area contributed by atoms with Crippen LogP contribution in [-0.2, 0) is 0 Å². The van der Waals surface area contributed by atoms with Gasteiger partial charge >= 0.3 is 35.6 Å². The van der Waals surface area contributed by atoms with Gasteiger partial charge in [-0.2, -0.15) is 0 Å². The Kier molecular flexibility index (Phi) is 15.6. The van der Waals surface area contributed by atoms with Gasteiger partial charge in [0.1, 0.15) is 0 Å². The van der Waals surface area contributed by atoms with Crippen LogP contribution in [0.3, 0.4) is 0 Å². The van der Waals surface area contributed by atoms with E-state index in [9.17, 15) is 0 Å². The predicted octanol–water partition coefficient (Wildman–Crippen LogP) is 3.85. The van der Waals surface area contributed by atoms with Crippen molar-refractivity contribution in [3.63, 3.8) is 0 Å². The summed E-state index contributed by atoms with van der Waals surface area (Å²) in [5, 5.41) is 0. The second-order valence-electron chi connectivity index (χ2n) is 4.88. The Morgan fingerprint density at radius 3 is 0.833 bits per heavy atom. The summed E-state index contributed by atoms with van der Waals surface area (Å²) in [6.07, 6.45) is 0. The molecule has 0 radical (unpaired) electrons. The number of rotatable bonds is 2. The third kappa shape index (κ3) is 22.6. The van der Waals surface area contributed by atoms with E-state index in [1.54, 1.807) is 0 Å². The Bertz CT molecular complexity index is 77.7. The van der Waals surface area contributed by atoms with Gasteiger partial charge in [-0.25, -0.2) is 0 Å². The Morgan fingerprint density at radius 2 is 0.833 bits per heavy atom. The largest absolute Gasteiger partial charge is 3.00 e. The normalized spacial score (nSPS) is 10.5. The number of hydrogen-bond acceptors (Lipinski definition) is 0. The van der Waals surface area contributed by atoms with E-state index in [2.05, 4.69) is 44.9 Å². The molecular formula is C9H25LaSi2. The van der Waals surface area contributed by atoms with E-state index in [1.807, 2.05) is 0 Å². The summed E-state index contributed by atoms with van der Waals surface area (Å²) in [4.78, 5) is 0. The van der Waals surface area contributed by atoms with Crippen molar-refractivity contribution in [1.82, 2.24) is 0 Å². The third-order valence-electron chi connectivity index (χ3n) is 0.866. The Balaban J connectivity index is -0.000000107. The minimum atomic E-state index is -0.856. The predicted molar refractivity (Wildman–Crippen MR) is 63.8 cm³/mol. The van der Waals surface area contributed by atoms with Gasteiger partial charge in [-0.1, -0.05) is 39.3 Å². The molecule has 0 spiro atoms. The molecule has 72 valence electrons. The van der Waals surface area contributed by atoms with Crippen molar-refractivity contribution in [2.24, 2.45) is 0 Å². The molecule has 3 heteroatoms. The van der Waals surface area contributed by atoms with Crippen LogP contribution in [0.5, 0.6) is 0 Å². The molecule has 0 bridgehead atoms. The van der Waals surface area contributed by atoms with Crippen LogP contribution in [0.25, 0.3) is 0 Å². The van der Waals surface area contributed by atoms with Gasteiger partial charge in [-0.15, -0.1) is 16.1 Å². The van der Waals surface area contributed by atoms with Crippen molar-refractivity contribution in [3.8, 4) is 0 Å². The van der Waals surface area contributed by atoms with Gasteiger partial charge in [0.05, 0.1) is 0 Å². The molecule has 0 aliphatic heterocycles. The van der Waals surface area contributed by atoms with Crippen LogP contribution >= 0.6 is 0 Å². The molecule has 0 nitrogen and oxygen atoms in total. The first-order valence-corrected chi connectivity index (χ1v) is 10.7. The molecule has 12 heavy (non-hydrogen) atoms. The molecule has 0 saturated carbocycles. The third-order valence-corrected chi connectivity index (χ3v) is 7.79. The molecule has 0 fully saturated rings. The van der Waals surface area contributed by atoms with Crippen LogP contribution in [-0.4, -0.2) is 16.1 Å². The maximum atomic E-state index is 2.65. The summed E-state index contributed by atoms with van der Waals surface area (Å²) >= 11 is 0. The van der Waals surface area contributed by atoms with Crippen molar-refractivity contribution in [3.05, 3.63) is 20.5 Å². The van der Waals surface area contributed by atoms with E-state index in [1.165, 1.54) is 0 Å². The minimum absolute atomic E-state index is 0. The summed E-state index contributed by atoms with van der Waals surface area (Å²) in [5.74, 6) is 0. The van der Waals surface area contributed by atoms with Crippen LogP contribution < -0.4 is 0 Å². The smallest absolute Gasteiger partial charge is 0.358 e. The van der Waals surface area contributed by atoms with Gasteiger partial charge in [0.15, 0.2) is 0 Å². The molecule has 0 atom stereocenters. The molecule has 0 unspecified atom stereocenters. The summed E-state index contributed by atoms with van der Waals surface area (Å²) in [6, 6.07) is 0. The molecule has 0 aromatic rings. The quantitative estimate of drug-likeness (QED) is 0.534. The van der Waals surface area contributed by atoms with E-state index < -0.39 is 16.1 Å². The molecule has 0 aliphatic rings. The van der Waals surface area contributed by atoms with E-state index in [-0.39, 0.29) is 50.5 Å². The first-order valence-electron chi connectivity index (χ1n) is 3.58. The zero-order chi connectivity index (χ0) is 7.71. The van der Waals surface area contributed by atoms with Gasteiger partial charge in [-0.05, 0) is 0 Å². The van der Waals surface area contributed by atoms with Crippen LogP contribution in [0.2, 0.25) is 39.3 Å². The zero-order valence-corrected chi connectivity index (χ0v) is 15.8. The summed E-state index contributed by atoms with van der Waals surface area (Å²) in [7, 11) is -1.71. The monoisotopic (exact) mass is 328 g/mol. The second kappa shape index (κ2) is 7.98. The van der Waals surface area contributed by atoms with Gasteiger partial charge in [0.2, 0.25) is 0 Å². The summed E-state index contributed by atoms with van der Waals surface area (Å²) in [6.45, 7) is 14.4. The van der Waals surface area contributed by atoms with E-state index in [0.717, 1.165) is 0 Å². The first-order chi connectivity index (χ1) is 3.71. The van der Waals surface area contributed by atoms with Gasteiger partial charge < -0.3 is 20.5 Å². The molecule has 0 aromatic carbocycles. The van der Waals surface area contributed by atoms with E-state index in [0.29, 0.717) is 0 Å². The van der Waals surface area contributed by atoms with Crippen molar-refractivity contribution in [2.75, 3.05) is 0 Å². The fourth-order valence-corrected chi connectivity index (χ4v) is 11.7. The second-order valence-corrected chi connectivity index (χ2v) is 15.5. The Hall–Kier alpha value is 1.63. The molecular weight excluding hydrogens is 303 g/mol. The fraction of sp³-hybridized carbons (Fsp3) is 0.667. The average molecular weight is 328 g/mol. The maximum absolute atomic E-state index is 2.65. The van der Waals surface area contributed by atoms with Crippen molar-refractivity contribution in [2.45, 2.75) is 39.3 Å². The number of hydrogen-bond donors (Lipinski definition) is 0. The van der Waals surface area contributed by atoms with E-state index >= 15 is 0 Å². The summed E-state index contributed by atoms with van der Waals surface area (Å²) < 4.78 is 0. The van der Waals surface area contributed by atoms with Crippen LogP contribution in [0.4, 0.5) is 0 Å². The molecule has 0 aliphatic carbocycles. The Labute approximate surface area is 111 Å². The SMILES string of the molecule is C[Si](C)(C)[CH-][Si](C)(C)C.[CH3-].[CH3-].[La+3]. The maximum Gasteiger partial charge on any atom is 3.00 e. The minimum Gasteiger partial charge on any atom is -0.358 e. The van der Waals surface area contributed by atoms with Gasteiger partial charge in [0, 0.05) is 0 Å². The standard InChI is InChI=1S/C7H19Si2.2CH3.La/c1-8(2,3)7-9(4,5)6;;;/h7H,1-6H3;2*1H3;/q3*-1;+3. The van der Waals surface area contributed by atoms with Crippen LogP contribution in [0.1, 0.15) is 0 Å². The summed E-state index contributed by atoms with van der Waals surface area (Å²) in [5.41, 5.74) is 2.65. The zero-order valence-electron chi connectivity index (χ0n) is 10.2. The van der Waals surface area contributed by atoms with Crippen molar-refractivity contribution < 1.29 is 35.6 Å². The van der Waals surface area contributed by atoms with Crippen molar-refractivity contribution in [1.29, 1.82) is 0 Å². The molecule has 0 saturated heterocycles. The van der Waals surface area contributed by atoms with Gasteiger partial charge in [0.25, 0.3) is 0 Å². The van der Waals surface area contributed by atoms with Crippen LogP contribution in [0, 0.1) is 56.1 Å². The molecule has 0 rings (SSSR count). The molecule has 0 amide bonds. The van der Waals surface area contributed by atoms with Crippen molar-refractivity contribution >= 4 is 16.1 Å². The first kappa shape index (κ1) is 23.4. The average Bonchev–Trinajstić information content (AvgIpc) is 1.14. The molecule has 0 heterocycles. The Morgan fingerprint density at radius 1 is 0.667 bits per heavy atom. The topological polar surface area (TPSA) is 0 Å². The molecule has 0 N–H and O–H groups in total. The van der Waals surface area contributed by atoms with Crippen LogP contribution in [0.15, 0.2) is 0 Å². The molecule has 0 aromatic heterocycles. The van der Waals surface area contributed by atoms with Gasteiger partial charge in [-0.3, -0.25) is 0 Å². The van der Waals surface area contributed by atoms with E-state index in [4.69, 9.17) is 0 Å². The fourth-order valence-electron chi connectivity index (χ4n) is 1.30.